The fraction of sp³-hybridized carbons (Fsp3) is 0.786. The molecule has 2 atom stereocenters. The fourth-order valence-electron chi connectivity index (χ4n) is 1.92. The molecule has 1 aromatic heterocycles. The van der Waals surface area contributed by atoms with Gasteiger partial charge in [-0.2, -0.15) is 9.78 Å². The van der Waals surface area contributed by atoms with Crippen molar-refractivity contribution in [1.82, 2.24) is 14.9 Å². The molecule has 0 N–H and O–H groups in total. The molecule has 0 saturated heterocycles. The van der Waals surface area contributed by atoms with E-state index in [9.17, 15) is 0 Å². The van der Waals surface area contributed by atoms with E-state index in [1.54, 1.807) is 18.9 Å². The van der Waals surface area contributed by atoms with Crippen molar-refractivity contribution in [3.05, 3.63) is 11.6 Å². The molecule has 0 amide bonds. The molecule has 0 aliphatic heterocycles. The van der Waals surface area contributed by atoms with E-state index in [0.717, 1.165) is 0 Å². The van der Waals surface area contributed by atoms with Crippen LogP contribution in [0, 0.1) is 0 Å². The third-order valence-corrected chi connectivity index (χ3v) is 3.02. The van der Waals surface area contributed by atoms with Crippen LogP contribution in [0.15, 0.2) is 5.10 Å². The summed E-state index contributed by atoms with van der Waals surface area (Å²) in [4.78, 5) is 0. The molecule has 0 fully saturated rings. The van der Waals surface area contributed by atoms with Crippen molar-refractivity contribution >= 4 is 6.21 Å². The predicted octanol–water partition coefficient (Wildman–Crippen LogP) is 1.93. The molecule has 126 valence electrons. The first kappa shape index (κ1) is 18.7. The first-order chi connectivity index (χ1) is 10.6. The summed E-state index contributed by atoms with van der Waals surface area (Å²) in [6.07, 6.45) is 0.516. The number of hydrogen-bond donors (Lipinski definition) is 0. The van der Waals surface area contributed by atoms with E-state index >= 15 is 0 Å². The van der Waals surface area contributed by atoms with Gasteiger partial charge in [-0.1, -0.05) is 0 Å². The predicted molar refractivity (Wildman–Crippen MR) is 81.8 cm³/mol. The van der Waals surface area contributed by atoms with Crippen LogP contribution in [0.2, 0.25) is 0 Å². The number of methoxy groups -OCH3 is 2. The van der Waals surface area contributed by atoms with Crippen molar-refractivity contribution in [2.75, 3.05) is 27.4 Å². The molecular weight excluding hydrogens is 288 g/mol. The van der Waals surface area contributed by atoms with E-state index < -0.39 is 6.29 Å². The summed E-state index contributed by atoms with van der Waals surface area (Å²) in [6, 6.07) is 0. The van der Waals surface area contributed by atoms with Gasteiger partial charge in [-0.3, -0.25) is 0 Å². The number of nitrogens with zero attached hydrogens (tertiary/aromatic N) is 4. The van der Waals surface area contributed by atoms with Gasteiger partial charge in [0.05, 0.1) is 6.21 Å². The maximum Gasteiger partial charge on any atom is 0.195 e. The summed E-state index contributed by atoms with van der Waals surface area (Å²) in [5, 5.41) is 12.7. The zero-order valence-corrected chi connectivity index (χ0v) is 14.1. The lowest BCUT2D eigenvalue weighted by Gasteiger charge is -2.14. The summed E-state index contributed by atoms with van der Waals surface area (Å²) in [6.45, 7) is 8.81. The van der Waals surface area contributed by atoms with Crippen LogP contribution < -0.4 is 0 Å². The molecule has 0 aromatic carbocycles. The summed E-state index contributed by atoms with van der Waals surface area (Å²) in [7, 11) is 3.08. The van der Waals surface area contributed by atoms with Crippen molar-refractivity contribution in [2.24, 2.45) is 5.10 Å². The summed E-state index contributed by atoms with van der Waals surface area (Å²) in [5.74, 6) is 1.20. The topological polar surface area (TPSA) is 80.0 Å². The summed E-state index contributed by atoms with van der Waals surface area (Å²) < 4.78 is 23.0. The molecule has 0 saturated carbocycles. The fourth-order valence-corrected chi connectivity index (χ4v) is 1.92. The lowest BCUT2D eigenvalue weighted by molar-refractivity contribution is -0.0487. The van der Waals surface area contributed by atoms with Crippen molar-refractivity contribution in [3.8, 4) is 0 Å². The average Bonchev–Trinajstić information content (AvgIpc) is 2.93. The SMILES string of the molecule is CCO[C@@H](C)c1nnc([C@H](C)OCC)n1/N=C/C(OC)OC. The molecule has 0 aliphatic rings. The molecule has 8 heteroatoms. The molecule has 0 spiro atoms. The van der Waals surface area contributed by atoms with Crippen molar-refractivity contribution in [3.63, 3.8) is 0 Å². The molecule has 22 heavy (non-hydrogen) atoms. The Balaban J connectivity index is 3.13. The number of rotatable bonds is 10. The van der Waals surface area contributed by atoms with Crippen molar-refractivity contribution < 1.29 is 18.9 Å². The van der Waals surface area contributed by atoms with Gasteiger partial charge in [-0.25, -0.2) is 0 Å². The third-order valence-electron chi connectivity index (χ3n) is 3.02. The minimum atomic E-state index is -0.548. The maximum atomic E-state index is 5.58. The molecule has 8 nitrogen and oxygen atoms in total. The lowest BCUT2D eigenvalue weighted by atomic mass is 10.3. The van der Waals surface area contributed by atoms with Gasteiger partial charge in [-0.05, 0) is 27.7 Å². The Morgan fingerprint density at radius 3 is 1.82 bits per heavy atom. The van der Waals surface area contributed by atoms with Gasteiger partial charge in [0.1, 0.15) is 12.2 Å². The Morgan fingerprint density at radius 2 is 1.45 bits per heavy atom. The van der Waals surface area contributed by atoms with E-state index in [2.05, 4.69) is 15.3 Å². The van der Waals surface area contributed by atoms with Crippen LogP contribution in [0.1, 0.15) is 51.6 Å². The van der Waals surface area contributed by atoms with E-state index in [0.29, 0.717) is 24.9 Å². The number of aromatic nitrogens is 3. The van der Waals surface area contributed by atoms with E-state index in [4.69, 9.17) is 18.9 Å². The highest BCUT2D eigenvalue weighted by Crippen LogP contribution is 2.21. The Labute approximate surface area is 131 Å². The standard InChI is InChI=1S/C14H26N4O4/c1-7-21-10(3)13-16-17-14(11(4)22-8-2)18(13)15-9-12(19-5)20-6/h9-12H,7-8H2,1-6H3/b15-9+/t10-,11-/m0/s1. The summed E-state index contributed by atoms with van der Waals surface area (Å²) in [5.41, 5.74) is 0. The minimum absolute atomic E-state index is 0.235. The Hall–Kier alpha value is -1.35. The zero-order chi connectivity index (χ0) is 16.5. The Kier molecular flexibility index (Phi) is 8.18. The van der Waals surface area contributed by atoms with Crippen LogP contribution in [0.3, 0.4) is 0 Å². The number of hydrogen-bond acceptors (Lipinski definition) is 7. The first-order valence-corrected chi connectivity index (χ1v) is 7.37. The van der Waals surface area contributed by atoms with Gasteiger partial charge in [0, 0.05) is 27.4 Å². The third kappa shape index (κ3) is 4.84. The second-order valence-electron chi connectivity index (χ2n) is 4.53. The highest BCUT2D eigenvalue weighted by molar-refractivity contribution is 5.61. The van der Waals surface area contributed by atoms with Crippen LogP contribution in [0.4, 0.5) is 0 Å². The quantitative estimate of drug-likeness (QED) is 0.485. The highest BCUT2D eigenvalue weighted by atomic mass is 16.7. The van der Waals surface area contributed by atoms with E-state index in [-0.39, 0.29) is 12.2 Å². The summed E-state index contributed by atoms with van der Waals surface area (Å²) >= 11 is 0. The average molecular weight is 314 g/mol. The zero-order valence-electron chi connectivity index (χ0n) is 14.1. The van der Waals surface area contributed by atoms with Crippen LogP contribution >= 0.6 is 0 Å². The van der Waals surface area contributed by atoms with Gasteiger partial charge in [0.15, 0.2) is 17.9 Å². The molecule has 1 rings (SSSR count). The number of ether oxygens (including phenoxy) is 4. The van der Waals surface area contributed by atoms with Gasteiger partial charge in [-0.15, -0.1) is 10.2 Å². The largest absolute Gasteiger partial charge is 0.371 e. The maximum absolute atomic E-state index is 5.58. The molecular formula is C14H26N4O4. The normalized spacial score (nSPS) is 14.9. The smallest absolute Gasteiger partial charge is 0.195 e. The molecule has 1 aromatic rings. The second kappa shape index (κ2) is 9.62. The van der Waals surface area contributed by atoms with Gasteiger partial charge in [0.2, 0.25) is 0 Å². The van der Waals surface area contributed by atoms with Gasteiger partial charge >= 0.3 is 0 Å². The van der Waals surface area contributed by atoms with E-state index in [1.165, 1.54) is 6.21 Å². The van der Waals surface area contributed by atoms with Crippen LogP contribution in [0.25, 0.3) is 0 Å². The second-order valence-corrected chi connectivity index (χ2v) is 4.53. The molecule has 0 bridgehead atoms. The van der Waals surface area contributed by atoms with Crippen LogP contribution in [-0.2, 0) is 18.9 Å². The van der Waals surface area contributed by atoms with Crippen molar-refractivity contribution in [2.45, 2.75) is 46.2 Å². The van der Waals surface area contributed by atoms with Gasteiger partial charge in [0.25, 0.3) is 0 Å². The van der Waals surface area contributed by atoms with E-state index in [1.807, 2.05) is 27.7 Å². The monoisotopic (exact) mass is 314 g/mol. The lowest BCUT2D eigenvalue weighted by Crippen LogP contribution is -2.17. The highest BCUT2D eigenvalue weighted by Gasteiger charge is 2.22. The van der Waals surface area contributed by atoms with Gasteiger partial charge < -0.3 is 18.9 Å². The van der Waals surface area contributed by atoms with Crippen molar-refractivity contribution in [1.29, 1.82) is 0 Å². The Morgan fingerprint density at radius 1 is 1.00 bits per heavy atom. The Bertz CT molecular complexity index is 430. The van der Waals surface area contributed by atoms with Crippen LogP contribution in [0.5, 0.6) is 0 Å². The molecule has 1 heterocycles. The molecule has 0 radical (unpaired) electrons. The van der Waals surface area contributed by atoms with Crippen LogP contribution in [-0.4, -0.2) is 54.8 Å². The molecule has 0 unspecified atom stereocenters. The molecule has 0 aliphatic carbocycles. The first-order valence-electron chi connectivity index (χ1n) is 7.37. The minimum Gasteiger partial charge on any atom is -0.371 e.